The number of nitrogens with zero attached hydrogens (tertiary/aromatic N) is 2. The number of piperidine rings is 1. The molecule has 0 atom stereocenters. The molecule has 144 valence electrons. The third-order valence-corrected chi connectivity index (χ3v) is 5.24. The third kappa shape index (κ3) is 4.01. The fraction of sp³-hybridized carbons (Fsp3) is 0.556. The molecule has 0 saturated carbocycles. The minimum Gasteiger partial charge on any atom is -0.467 e. The highest BCUT2D eigenvalue weighted by Gasteiger charge is 2.49. The van der Waals surface area contributed by atoms with Crippen molar-refractivity contribution in [3.05, 3.63) is 33.8 Å². The molecule has 0 bridgehead atoms. The summed E-state index contributed by atoms with van der Waals surface area (Å²) in [5.74, 6) is -1.24. The molecule has 2 rings (SSSR count). The molecule has 1 aromatic carbocycles. The second-order valence-corrected chi connectivity index (χ2v) is 6.97. The Kier molecular flexibility index (Phi) is 6.63. The Morgan fingerprint density at radius 3 is 2.38 bits per heavy atom. The summed E-state index contributed by atoms with van der Waals surface area (Å²) in [6.07, 6.45) is 0.306. The van der Waals surface area contributed by atoms with Crippen molar-refractivity contribution in [2.75, 3.05) is 27.3 Å². The second kappa shape index (κ2) is 8.35. The van der Waals surface area contributed by atoms with E-state index in [4.69, 9.17) is 21.2 Å². The molecule has 1 aliphatic rings. The van der Waals surface area contributed by atoms with E-state index in [2.05, 4.69) is 0 Å². The number of methoxy groups -OCH3 is 1. The number of rotatable bonds is 5. The van der Waals surface area contributed by atoms with E-state index in [1.54, 1.807) is 11.1 Å². The molecule has 1 fully saturated rings. The Morgan fingerprint density at radius 2 is 1.88 bits per heavy atom. The van der Waals surface area contributed by atoms with Crippen LogP contribution in [0.1, 0.15) is 29.5 Å². The molecule has 1 N–H and O–H groups in total. The fourth-order valence-corrected chi connectivity index (χ4v) is 3.75. The standard InChI is InChI=1S/C18H25ClN2O5/c1-12-9-13(2)14(15(19)10-12)11-16(22)21(24)18(17(23)25-3)5-7-20(26-4)8-6-18/h9-10,24H,5-8,11H2,1-4H3. The number of hydroxylamine groups is 4. The SMILES string of the molecule is COC(=O)C1(N(O)C(=O)Cc2c(C)cc(C)cc2Cl)CCN(OC)CC1. The average molecular weight is 385 g/mol. The van der Waals surface area contributed by atoms with Crippen molar-refractivity contribution in [2.45, 2.75) is 38.6 Å². The third-order valence-electron chi connectivity index (χ3n) is 4.91. The van der Waals surface area contributed by atoms with Gasteiger partial charge in [0.2, 0.25) is 0 Å². The first kappa shape index (κ1) is 20.6. The summed E-state index contributed by atoms with van der Waals surface area (Å²) >= 11 is 6.26. The van der Waals surface area contributed by atoms with Crippen molar-refractivity contribution in [3.8, 4) is 0 Å². The Morgan fingerprint density at radius 1 is 1.27 bits per heavy atom. The number of carbonyl (C=O) groups is 2. The molecule has 0 spiro atoms. The summed E-state index contributed by atoms with van der Waals surface area (Å²) in [6, 6.07) is 3.69. The Balaban J connectivity index is 2.25. The molecule has 0 unspecified atom stereocenters. The van der Waals surface area contributed by atoms with Gasteiger partial charge in [-0.15, -0.1) is 0 Å². The van der Waals surface area contributed by atoms with Gasteiger partial charge in [0.25, 0.3) is 5.91 Å². The highest BCUT2D eigenvalue weighted by Crippen LogP contribution is 2.31. The molecule has 1 amide bonds. The van der Waals surface area contributed by atoms with Crippen molar-refractivity contribution in [1.29, 1.82) is 0 Å². The molecule has 1 aliphatic heterocycles. The van der Waals surface area contributed by atoms with E-state index in [1.807, 2.05) is 19.9 Å². The van der Waals surface area contributed by atoms with Gasteiger partial charge in [-0.3, -0.25) is 10.0 Å². The number of esters is 1. The fourth-order valence-electron chi connectivity index (χ4n) is 3.37. The van der Waals surface area contributed by atoms with Crippen LogP contribution in [0.3, 0.4) is 0 Å². The van der Waals surface area contributed by atoms with Crippen LogP contribution in [0.15, 0.2) is 12.1 Å². The number of halogens is 1. The van der Waals surface area contributed by atoms with Gasteiger partial charge in [-0.2, -0.15) is 5.06 Å². The van der Waals surface area contributed by atoms with E-state index in [0.717, 1.165) is 11.1 Å². The number of hydrogen-bond donors (Lipinski definition) is 1. The lowest BCUT2D eigenvalue weighted by Crippen LogP contribution is -2.61. The summed E-state index contributed by atoms with van der Waals surface area (Å²) < 4.78 is 4.87. The Bertz CT molecular complexity index is 663. The summed E-state index contributed by atoms with van der Waals surface area (Å²) in [6.45, 7) is 4.55. The van der Waals surface area contributed by atoms with Crippen molar-refractivity contribution < 1.29 is 24.4 Å². The monoisotopic (exact) mass is 384 g/mol. The summed E-state index contributed by atoms with van der Waals surface area (Å²) in [5, 5.41) is 13.3. The maximum atomic E-state index is 12.7. The van der Waals surface area contributed by atoms with Crippen LogP contribution in [0.5, 0.6) is 0 Å². The van der Waals surface area contributed by atoms with Crippen LogP contribution >= 0.6 is 11.6 Å². The molecule has 0 radical (unpaired) electrons. The van der Waals surface area contributed by atoms with Crippen molar-refractivity contribution >= 4 is 23.5 Å². The van der Waals surface area contributed by atoms with E-state index in [1.165, 1.54) is 14.2 Å². The lowest BCUT2D eigenvalue weighted by atomic mass is 9.87. The average Bonchev–Trinajstić information content (AvgIpc) is 2.63. The number of aryl methyl sites for hydroxylation is 2. The van der Waals surface area contributed by atoms with Gasteiger partial charge in [-0.25, -0.2) is 9.86 Å². The second-order valence-electron chi connectivity index (χ2n) is 6.56. The van der Waals surface area contributed by atoms with Gasteiger partial charge in [-0.05, 0) is 49.4 Å². The molecule has 8 heteroatoms. The Hall–Kier alpha value is -1.67. The number of benzene rings is 1. The quantitative estimate of drug-likeness (QED) is 0.476. The van der Waals surface area contributed by atoms with Gasteiger partial charge in [0.05, 0.1) is 20.6 Å². The van der Waals surface area contributed by atoms with E-state index in [-0.39, 0.29) is 19.3 Å². The zero-order valence-corrected chi connectivity index (χ0v) is 16.3. The van der Waals surface area contributed by atoms with E-state index >= 15 is 0 Å². The molecular formula is C18H25ClN2O5. The highest BCUT2D eigenvalue weighted by atomic mass is 35.5. The largest absolute Gasteiger partial charge is 0.467 e. The van der Waals surface area contributed by atoms with Crippen LogP contribution in [0, 0.1) is 13.8 Å². The first-order valence-electron chi connectivity index (χ1n) is 8.40. The lowest BCUT2D eigenvalue weighted by Gasteiger charge is -2.42. The minimum absolute atomic E-state index is 0.103. The van der Waals surface area contributed by atoms with Crippen molar-refractivity contribution in [2.24, 2.45) is 0 Å². The van der Waals surface area contributed by atoms with Gasteiger partial charge < -0.3 is 9.57 Å². The van der Waals surface area contributed by atoms with Crippen molar-refractivity contribution in [3.63, 3.8) is 0 Å². The zero-order chi connectivity index (χ0) is 19.5. The number of amides is 1. The number of ether oxygens (including phenoxy) is 1. The number of hydrogen-bond acceptors (Lipinski definition) is 6. The van der Waals surface area contributed by atoms with Crippen LogP contribution in [0.4, 0.5) is 0 Å². The van der Waals surface area contributed by atoms with Crippen LogP contribution < -0.4 is 0 Å². The first-order chi connectivity index (χ1) is 12.2. The van der Waals surface area contributed by atoms with Gasteiger partial charge in [0, 0.05) is 18.1 Å². The summed E-state index contributed by atoms with van der Waals surface area (Å²) in [5.41, 5.74) is 1.06. The lowest BCUT2D eigenvalue weighted by molar-refractivity contribution is -0.228. The van der Waals surface area contributed by atoms with Crippen molar-refractivity contribution in [1.82, 2.24) is 10.1 Å². The van der Waals surface area contributed by atoms with Crippen LogP contribution in [-0.4, -0.2) is 60.1 Å². The summed E-state index contributed by atoms with van der Waals surface area (Å²) in [7, 11) is 2.78. The maximum absolute atomic E-state index is 12.7. The minimum atomic E-state index is -1.42. The van der Waals surface area contributed by atoms with Gasteiger partial charge in [-0.1, -0.05) is 17.7 Å². The normalized spacial score (nSPS) is 17.0. The molecule has 1 aromatic rings. The molecule has 0 aliphatic carbocycles. The zero-order valence-electron chi connectivity index (χ0n) is 15.5. The first-order valence-corrected chi connectivity index (χ1v) is 8.78. The maximum Gasteiger partial charge on any atom is 0.334 e. The molecule has 0 aromatic heterocycles. The van der Waals surface area contributed by atoms with Crippen LogP contribution in [0.25, 0.3) is 0 Å². The molecular weight excluding hydrogens is 360 g/mol. The number of carbonyl (C=O) groups excluding carboxylic acids is 2. The summed E-state index contributed by atoms with van der Waals surface area (Å²) in [4.78, 5) is 30.3. The van der Waals surface area contributed by atoms with E-state index < -0.39 is 17.4 Å². The Labute approximate surface area is 158 Å². The van der Waals surface area contributed by atoms with E-state index in [9.17, 15) is 14.8 Å². The molecule has 26 heavy (non-hydrogen) atoms. The molecule has 1 saturated heterocycles. The molecule has 7 nitrogen and oxygen atoms in total. The topological polar surface area (TPSA) is 79.3 Å². The highest BCUT2D eigenvalue weighted by molar-refractivity contribution is 6.31. The predicted molar refractivity (Wildman–Crippen MR) is 95.8 cm³/mol. The van der Waals surface area contributed by atoms with Crippen LogP contribution in [0.2, 0.25) is 5.02 Å². The van der Waals surface area contributed by atoms with Gasteiger partial charge in [0.15, 0.2) is 5.54 Å². The smallest absolute Gasteiger partial charge is 0.334 e. The predicted octanol–water partition coefficient (Wildman–Crippen LogP) is 2.29. The van der Waals surface area contributed by atoms with Crippen LogP contribution in [-0.2, 0) is 25.6 Å². The van der Waals surface area contributed by atoms with Gasteiger partial charge in [0.1, 0.15) is 0 Å². The van der Waals surface area contributed by atoms with Gasteiger partial charge >= 0.3 is 5.97 Å². The molecule has 1 heterocycles. The van der Waals surface area contributed by atoms with E-state index in [0.29, 0.717) is 28.7 Å².